The Hall–Kier alpha value is 1.25. The molecule has 1 N–H and O–H groups in total. The topological polar surface area (TPSA) is 23.8 Å². The molecular formula is C10H20Cl2NTi. The standard InChI is InChI=1S/C10H20N.2ClH.Ti/c1-10(2,3)8-4-6-9(11)7-5-8;;;/h8-9,11H,4-7H2,1-3H3;2*1H;/q-1;;;+3/p-2. The molecular weight excluding hydrogens is 253 g/mol. The fraction of sp³-hybridized carbons (Fsp3) is 1.00. The van der Waals surface area contributed by atoms with Gasteiger partial charge >= 0.3 is 21.7 Å². The second-order valence-corrected chi connectivity index (χ2v) is 4.91. The summed E-state index contributed by atoms with van der Waals surface area (Å²) >= 11 is 0. The zero-order valence-corrected chi connectivity index (χ0v) is 12.3. The zero-order chi connectivity index (χ0) is 8.48. The Morgan fingerprint density at radius 3 is 1.57 bits per heavy atom. The second kappa shape index (κ2) is 8.41. The van der Waals surface area contributed by atoms with Crippen LogP contribution in [0.3, 0.4) is 0 Å². The molecule has 0 spiro atoms. The summed E-state index contributed by atoms with van der Waals surface area (Å²) in [6, 6.07) is 0.244. The Bertz CT molecular complexity index is 129. The van der Waals surface area contributed by atoms with Gasteiger partial charge in [0.25, 0.3) is 0 Å². The molecule has 1 rings (SSSR count). The van der Waals surface area contributed by atoms with Crippen molar-refractivity contribution in [3.8, 4) is 0 Å². The van der Waals surface area contributed by atoms with Gasteiger partial charge in [-0.1, -0.05) is 46.5 Å². The van der Waals surface area contributed by atoms with Crippen molar-refractivity contribution in [1.82, 2.24) is 0 Å². The van der Waals surface area contributed by atoms with Crippen LogP contribution in [0.5, 0.6) is 0 Å². The number of rotatable bonds is 0. The zero-order valence-electron chi connectivity index (χ0n) is 9.24. The maximum atomic E-state index is 7.57. The molecule has 1 aliphatic carbocycles. The predicted octanol–water partition coefficient (Wildman–Crippen LogP) is -2.35. The first-order chi connectivity index (χ1) is 5.00. The van der Waals surface area contributed by atoms with E-state index in [1.165, 1.54) is 12.8 Å². The molecule has 1 fully saturated rings. The molecule has 0 atom stereocenters. The van der Waals surface area contributed by atoms with Gasteiger partial charge in [0.2, 0.25) is 0 Å². The second-order valence-electron chi connectivity index (χ2n) is 4.91. The van der Waals surface area contributed by atoms with Gasteiger partial charge in [-0.2, -0.15) is 0 Å². The molecule has 0 saturated heterocycles. The van der Waals surface area contributed by atoms with Crippen molar-refractivity contribution < 1.29 is 46.5 Å². The summed E-state index contributed by atoms with van der Waals surface area (Å²) in [5, 5.41) is 0. The van der Waals surface area contributed by atoms with Crippen LogP contribution >= 0.6 is 0 Å². The molecule has 4 heteroatoms. The van der Waals surface area contributed by atoms with Crippen LogP contribution in [0.1, 0.15) is 46.5 Å². The molecule has 1 radical (unpaired) electrons. The molecule has 0 aliphatic heterocycles. The van der Waals surface area contributed by atoms with Gasteiger partial charge in [0.1, 0.15) is 0 Å². The third-order valence-corrected chi connectivity index (χ3v) is 2.95. The SMILES string of the molecule is CC(C)(C)C1CCC([NH-])CC1.[Cl-].[Cl-].[Ti+3]. The van der Waals surface area contributed by atoms with Crippen LogP contribution in [0.2, 0.25) is 0 Å². The van der Waals surface area contributed by atoms with Crippen LogP contribution in [0.4, 0.5) is 0 Å². The molecule has 1 saturated carbocycles. The van der Waals surface area contributed by atoms with Gasteiger partial charge in [-0.25, -0.2) is 0 Å². The number of hydrogen-bond acceptors (Lipinski definition) is 0. The quantitative estimate of drug-likeness (QED) is 0.441. The van der Waals surface area contributed by atoms with Gasteiger partial charge in [-0.15, -0.1) is 6.04 Å². The van der Waals surface area contributed by atoms with Gasteiger partial charge in [0, 0.05) is 0 Å². The molecule has 0 aromatic heterocycles. The smallest absolute Gasteiger partial charge is 1.00 e. The van der Waals surface area contributed by atoms with E-state index in [2.05, 4.69) is 20.8 Å². The van der Waals surface area contributed by atoms with Crippen molar-refractivity contribution in [3.63, 3.8) is 0 Å². The molecule has 1 nitrogen and oxygen atoms in total. The van der Waals surface area contributed by atoms with Crippen LogP contribution in [-0.4, -0.2) is 6.04 Å². The molecule has 0 heterocycles. The van der Waals surface area contributed by atoms with Crippen molar-refractivity contribution in [3.05, 3.63) is 5.73 Å². The van der Waals surface area contributed by atoms with Crippen LogP contribution in [0.25, 0.3) is 5.73 Å². The van der Waals surface area contributed by atoms with E-state index in [4.69, 9.17) is 5.73 Å². The maximum absolute atomic E-state index is 7.57. The van der Waals surface area contributed by atoms with E-state index in [1.54, 1.807) is 0 Å². The molecule has 0 unspecified atom stereocenters. The average Bonchev–Trinajstić information content (AvgIpc) is 1.86. The summed E-state index contributed by atoms with van der Waals surface area (Å²) in [4.78, 5) is 0. The van der Waals surface area contributed by atoms with E-state index in [-0.39, 0.29) is 52.6 Å². The molecule has 0 aromatic carbocycles. The molecule has 0 aromatic rings. The first kappa shape index (κ1) is 20.6. The fourth-order valence-electron chi connectivity index (χ4n) is 1.96. The van der Waals surface area contributed by atoms with Crippen LogP contribution < -0.4 is 24.8 Å². The number of hydrogen-bond donors (Lipinski definition) is 0. The summed E-state index contributed by atoms with van der Waals surface area (Å²) in [7, 11) is 0. The van der Waals surface area contributed by atoms with Crippen molar-refractivity contribution in [2.45, 2.75) is 52.5 Å². The van der Waals surface area contributed by atoms with E-state index in [0.717, 1.165) is 18.8 Å². The predicted molar refractivity (Wildman–Crippen MR) is 49.5 cm³/mol. The van der Waals surface area contributed by atoms with Crippen molar-refractivity contribution in [2.24, 2.45) is 11.3 Å². The van der Waals surface area contributed by atoms with Gasteiger partial charge in [-0.05, 0) is 11.3 Å². The largest absolute Gasteiger partial charge is 3.00 e. The first-order valence-corrected chi connectivity index (χ1v) is 4.71. The van der Waals surface area contributed by atoms with E-state index in [1.807, 2.05) is 0 Å². The molecule has 0 amide bonds. The number of halogens is 2. The summed E-state index contributed by atoms with van der Waals surface area (Å²) in [5.41, 5.74) is 8.04. The Morgan fingerprint density at radius 2 is 1.29 bits per heavy atom. The minimum absolute atomic E-state index is 0. The van der Waals surface area contributed by atoms with Crippen molar-refractivity contribution in [1.29, 1.82) is 0 Å². The average molecular weight is 273 g/mol. The minimum Gasteiger partial charge on any atom is -1.00 e. The third-order valence-electron chi connectivity index (χ3n) is 2.95. The van der Waals surface area contributed by atoms with E-state index in [0.29, 0.717) is 5.41 Å². The summed E-state index contributed by atoms with van der Waals surface area (Å²) in [6.07, 6.45) is 4.80. The summed E-state index contributed by atoms with van der Waals surface area (Å²) in [6.45, 7) is 6.96. The third kappa shape index (κ3) is 6.69. The maximum Gasteiger partial charge on any atom is 3.00 e. The van der Waals surface area contributed by atoms with Crippen LogP contribution in [-0.2, 0) is 21.7 Å². The first-order valence-electron chi connectivity index (χ1n) is 4.71. The van der Waals surface area contributed by atoms with Gasteiger partial charge in [-0.3, -0.25) is 0 Å². The van der Waals surface area contributed by atoms with E-state index < -0.39 is 0 Å². The molecule has 0 bridgehead atoms. The normalized spacial score (nSPS) is 26.6. The molecule has 1 aliphatic rings. The Labute approximate surface area is 116 Å². The van der Waals surface area contributed by atoms with Gasteiger partial charge < -0.3 is 30.5 Å². The Morgan fingerprint density at radius 1 is 0.929 bits per heavy atom. The van der Waals surface area contributed by atoms with E-state index in [9.17, 15) is 0 Å². The molecule has 83 valence electrons. The van der Waals surface area contributed by atoms with Crippen molar-refractivity contribution >= 4 is 0 Å². The van der Waals surface area contributed by atoms with Gasteiger partial charge in [0.15, 0.2) is 0 Å². The minimum atomic E-state index is 0. The summed E-state index contributed by atoms with van der Waals surface area (Å²) in [5.74, 6) is 0.865. The van der Waals surface area contributed by atoms with Crippen LogP contribution in [0.15, 0.2) is 0 Å². The van der Waals surface area contributed by atoms with E-state index >= 15 is 0 Å². The van der Waals surface area contributed by atoms with Gasteiger partial charge in [0.05, 0.1) is 0 Å². The Balaban J connectivity index is -0.000000403. The Kier molecular flexibility index (Phi) is 12.4. The van der Waals surface area contributed by atoms with Crippen LogP contribution in [0, 0.1) is 11.3 Å². The number of nitrogens with one attached hydrogen (secondary N) is 1. The monoisotopic (exact) mass is 272 g/mol. The fourth-order valence-corrected chi connectivity index (χ4v) is 1.96. The summed E-state index contributed by atoms with van der Waals surface area (Å²) < 4.78 is 0. The molecule has 14 heavy (non-hydrogen) atoms. The van der Waals surface area contributed by atoms with Crippen molar-refractivity contribution in [2.75, 3.05) is 0 Å².